The molecule has 1 unspecified atom stereocenters. The number of anilines is 2. The summed E-state index contributed by atoms with van der Waals surface area (Å²) >= 11 is 0. The minimum absolute atomic E-state index is 0.00458. The summed E-state index contributed by atoms with van der Waals surface area (Å²) in [6.45, 7) is 0.909. The van der Waals surface area contributed by atoms with E-state index in [1.165, 1.54) is 16.4 Å². The van der Waals surface area contributed by atoms with E-state index in [0.717, 1.165) is 55.5 Å². The largest absolute Gasteiger partial charge is 0.377 e. The van der Waals surface area contributed by atoms with Gasteiger partial charge >= 0.3 is 0 Å². The van der Waals surface area contributed by atoms with Gasteiger partial charge in [-0.2, -0.15) is 4.31 Å². The van der Waals surface area contributed by atoms with Crippen LogP contribution in [0.5, 0.6) is 0 Å². The lowest BCUT2D eigenvalue weighted by molar-refractivity contribution is -0.122. The third-order valence-electron chi connectivity index (χ3n) is 6.53. The summed E-state index contributed by atoms with van der Waals surface area (Å²) in [5.74, 6) is -0.439. The van der Waals surface area contributed by atoms with E-state index in [2.05, 4.69) is 5.32 Å². The zero-order chi connectivity index (χ0) is 24.3. The first kappa shape index (κ1) is 24.6. The summed E-state index contributed by atoms with van der Waals surface area (Å²) in [5.41, 5.74) is 2.27. The van der Waals surface area contributed by atoms with Crippen molar-refractivity contribution in [1.29, 1.82) is 0 Å². The van der Waals surface area contributed by atoms with Crippen molar-refractivity contribution in [3.63, 3.8) is 0 Å². The van der Waals surface area contributed by atoms with E-state index in [4.69, 9.17) is 4.74 Å². The lowest BCUT2D eigenvalue weighted by atomic mass is 9.85. The second kappa shape index (κ2) is 10.4. The molecule has 7 nitrogen and oxygen atoms in total. The van der Waals surface area contributed by atoms with Gasteiger partial charge in [0, 0.05) is 51.1 Å². The standard InChI is InChI=1S/C25H32FN3O4S/c1-28(2)24-13-10-21(27-25(30)18-5-3-6-18)15-19(24)16-29(17-22-7-4-14-33-22)34(31,32)23-11-8-20(26)9-12-23/h8-13,15,18,22H,3-7,14,16-17H2,1-2H3,(H,27,30). The molecule has 2 aliphatic rings. The molecule has 0 spiro atoms. The molecule has 1 saturated carbocycles. The minimum Gasteiger partial charge on any atom is -0.377 e. The number of hydrogen-bond acceptors (Lipinski definition) is 5. The van der Waals surface area contributed by atoms with Crippen molar-refractivity contribution in [3.05, 3.63) is 53.8 Å². The van der Waals surface area contributed by atoms with Crippen molar-refractivity contribution >= 4 is 27.3 Å². The summed E-state index contributed by atoms with van der Waals surface area (Å²) < 4.78 is 47.8. The van der Waals surface area contributed by atoms with E-state index in [0.29, 0.717) is 12.3 Å². The van der Waals surface area contributed by atoms with Crippen LogP contribution in [0.2, 0.25) is 0 Å². The van der Waals surface area contributed by atoms with E-state index < -0.39 is 15.8 Å². The Labute approximate surface area is 200 Å². The molecule has 0 bridgehead atoms. The number of nitrogens with zero attached hydrogens (tertiary/aromatic N) is 2. The fraction of sp³-hybridized carbons (Fsp3) is 0.480. The predicted molar refractivity (Wildman–Crippen MR) is 130 cm³/mol. The molecule has 2 fully saturated rings. The van der Waals surface area contributed by atoms with Gasteiger partial charge in [0.15, 0.2) is 0 Å². The number of carbonyl (C=O) groups excluding carboxylic acids is 1. The Bertz CT molecular complexity index is 1110. The number of nitrogens with one attached hydrogen (secondary N) is 1. The van der Waals surface area contributed by atoms with E-state index in [1.807, 2.05) is 37.2 Å². The summed E-state index contributed by atoms with van der Waals surface area (Å²) in [6, 6.07) is 10.5. The Morgan fingerprint density at radius 1 is 1.09 bits per heavy atom. The van der Waals surface area contributed by atoms with Crippen molar-refractivity contribution in [3.8, 4) is 0 Å². The molecule has 2 aromatic carbocycles. The SMILES string of the molecule is CN(C)c1ccc(NC(=O)C2CCC2)cc1CN(CC1CCCO1)S(=O)(=O)c1ccc(F)cc1. The highest BCUT2D eigenvalue weighted by atomic mass is 32.2. The lowest BCUT2D eigenvalue weighted by Gasteiger charge is -2.28. The van der Waals surface area contributed by atoms with Crippen molar-refractivity contribution in [2.24, 2.45) is 5.92 Å². The number of hydrogen-bond donors (Lipinski definition) is 1. The second-order valence-corrected chi connectivity index (χ2v) is 11.2. The molecule has 1 heterocycles. The van der Waals surface area contributed by atoms with Crippen LogP contribution in [0.4, 0.5) is 15.8 Å². The van der Waals surface area contributed by atoms with Crippen molar-refractivity contribution in [1.82, 2.24) is 4.31 Å². The van der Waals surface area contributed by atoms with Crippen molar-refractivity contribution < 1.29 is 22.3 Å². The number of rotatable bonds is 9. The monoisotopic (exact) mass is 489 g/mol. The number of amides is 1. The molecule has 34 heavy (non-hydrogen) atoms. The zero-order valence-corrected chi connectivity index (χ0v) is 20.5. The molecule has 1 aliphatic heterocycles. The first-order valence-corrected chi connectivity index (χ1v) is 13.2. The van der Waals surface area contributed by atoms with Crippen LogP contribution in [0.25, 0.3) is 0 Å². The molecule has 2 aromatic rings. The highest BCUT2D eigenvalue weighted by Crippen LogP contribution is 2.31. The quantitative estimate of drug-likeness (QED) is 0.576. The maximum Gasteiger partial charge on any atom is 0.243 e. The first-order valence-electron chi connectivity index (χ1n) is 11.7. The van der Waals surface area contributed by atoms with Crippen molar-refractivity contribution in [2.45, 2.75) is 49.6 Å². The molecule has 1 atom stereocenters. The van der Waals surface area contributed by atoms with Crippen LogP contribution < -0.4 is 10.2 Å². The van der Waals surface area contributed by atoms with Crippen LogP contribution in [-0.4, -0.2) is 52.0 Å². The van der Waals surface area contributed by atoms with Gasteiger partial charge in [-0.25, -0.2) is 12.8 Å². The Morgan fingerprint density at radius 2 is 1.82 bits per heavy atom. The van der Waals surface area contributed by atoms with Gasteiger partial charge in [0.05, 0.1) is 11.0 Å². The predicted octanol–water partition coefficient (Wildman–Crippen LogP) is 4.00. The molecule has 0 aromatic heterocycles. The van der Waals surface area contributed by atoms with Crippen LogP contribution in [0, 0.1) is 11.7 Å². The van der Waals surface area contributed by atoms with Crippen LogP contribution in [-0.2, 0) is 26.1 Å². The second-order valence-electron chi connectivity index (χ2n) is 9.24. The minimum atomic E-state index is -3.91. The lowest BCUT2D eigenvalue weighted by Crippen LogP contribution is -2.37. The Kier molecular flexibility index (Phi) is 7.54. The summed E-state index contributed by atoms with van der Waals surface area (Å²) in [5, 5.41) is 2.98. The first-order chi connectivity index (χ1) is 16.2. The molecule has 1 saturated heterocycles. The van der Waals surface area contributed by atoms with E-state index in [1.54, 1.807) is 0 Å². The maximum absolute atomic E-state index is 13.6. The fourth-order valence-corrected chi connectivity index (χ4v) is 5.80. The van der Waals surface area contributed by atoms with Gasteiger partial charge in [-0.15, -0.1) is 0 Å². The van der Waals surface area contributed by atoms with Gasteiger partial charge in [-0.05, 0) is 73.7 Å². The molecule has 1 amide bonds. The van der Waals surface area contributed by atoms with Crippen molar-refractivity contribution in [2.75, 3.05) is 37.5 Å². The van der Waals surface area contributed by atoms with Gasteiger partial charge in [0.2, 0.25) is 15.9 Å². The van der Waals surface area contributed by atoms with Gasteiger partial charge < -0.3 is 15.0 Å². The third-order valence-corrected chi connectivity index (χ3v) is 8.36. The number of benzene rings is 2. The molecule has 1 aliphatic carbocycles. The maximum atomic E-state index is 13.6. The fourth-order valence-electron chi connectivity index (χ4n) is 4.35. The number of halogens is 1. The Morgan fingerprint density at radius 3 is 2.41 bits per heavy atom. The average molecular weight is 490 g/mol. The number of sulfonamides is 1. The molecule has 4 rings (SSSR count). The normalized spacial score (nSPS) is 18.6. The molecular weight excluding hydrogens is 457 g/mol. The van der Waals surface area contributed by atoms with Crippen LogP contribution in [0.1, 0.15) is 37.7 Å². The van der Waals surface area contributed by atoms with E-state index >= 15 is 0 Å². The summed E-state index contributed by atoms with van der Waals surface area (Å²) in [4.78, 5) is 14.4. The summed E-state index contributed by atoms with van der Waals surface area (Å²) in [7, 11) is -0.123. The van der Waals surface area contributed by atoms with Gasteiger partial charge in [-0.1, -0.05) is 6.42 Å². The van der Waals surface area contributed by atoms with Crippen LogP contribution in [0.3, 0.4) is 0 Å². The molecule has 9 heteroatoms. The molecule has 1 N–H and O–H groups in total. The number of carbonyl (C=O) groups is 1. The Hall–Kier alpha value is -2.49. The third kappa shape index (κ3) is 5.59. The smallest absolute Gasteiger partial charge is 0.243 e. The highest BCUT2D eigenvalue weighted by Gasteiger charge is 2.30. The van der Waals surface area contributed by atoms with Gasteiger partial charge in [-0.3, -0.25) is 4.79 Å². The zero-order valence-electron chi connectivity index (χ0n) is 19.7. The van der Waals surface area contributed by atoms with E-state index in [-0.39, 0.29) is 35.9 Å². The summed E-state index contributed by atoms with van der Waals surface area (Å²) in [6.07, 6.45) is 4.36. The van der Waals surface area contributed by atoms with Crippen LogP contribution >= 0.6 is 0 Å². The van der Waals surface area contributed by atoms with Gasteiger partial charge in [0.1, 0.15) is 5.82 Å². The topological polar surface area (TPSA) is 79.0 Å². The molecular formula is C25H32FN3O4S. The molecule has 0 radical (unpaired) electrons. The number of ether oxygens (including phenoxy) is 1. The van der Waals surface area contributed by atoms with E-state index in [9.17, 15) is 17.6 Å². The average Bonchev–Trinajstić information content (AvgIpc) is 3.25. The van der Waals surface area contributed by atoms with Gasteiger partial charge in [0.25, 0.3) is 0 Å². The highest BCUT2D eigenvalue weighted by molar-refractivity contribution is 7.89. The Balaban J connectivity index is 1.65. The van der Waals surface area contributed by atoms with Crippen LogP contribution in [0.15, 0.2) is 47.4 Å². The molecule has 184 valence electrons.